The molecule has 9 heteroatoms. The van der Waals surface area contributed by atoms with Crippen LogP contribution in [0, 0.1) is 13.8 Å². The van der Waals surface area contributed by atoms with E-state index in [1.807, 2.05) is 6.20 Å². The van der Waals surface area contributed by atoms with Gasteiger partial charge in [-0.15, -0.1) is 0 Å². The average Bonchev–Trinajstić information content (AvgIpc) is 3.63. The zero-order valence-electron chi connectivity index (χ0n) is 22.6. The molecule has 3 aromatic rings. The predicted octanol–water partition coefficient (Wildman–Crippen LogP) is 4.01. The monoisotopic (exact) mass is 518 g/mol. The van der Waals surface area contributed by atoms with Crippen LogP contribution in [0.3, 0.4) is 0 Å². The molecule has 4 aliphatic rings. The van der Waals surface area contributed by atoms with Crippen molar-refractivity contribution in [3.8, 4) is 6.01 Å². The van der Waals surface area contributed by atoms with Crippen molar-refractivity contribution in [2.24, 2.45) is 0 Å². The molecule has 1 aromatic carbocycles. The van der Waals surface area contributed by atoms with E-state index in [2.05, 4.69) is 39.4 Å². The molecule has 3 saturated heterocycles. The van der Waals surface area contributed by atoms with E-state index in [-0.39, 0.29) is 17.3 Å². The van der Waals surface area contributed by atoms with Gasteiger partial charge in [0.2, 0.25) is 0 Å². The number of nitrogens with one attached hydrogen (secondary N) is 1. The van der Waals surface area contributed by atoms with Gasteiger partial charge in [-0.1, -0.05) is 0 Å². The van der Waals surface area contributed by atoms with Gasteiger partial charge < -0.3 is 14.4 Å². The molecule has 9 nitrogen and oxygen atoms in total. The number of anilines is 1. The second kappa shape index (κ2) is 9.38. The fourth-order valence-corrected chi connectivity index (χ4v) is 7.29. The van der Waals surface area contributed by atoms with Gasteiger partial charge in [-0.25, -0.2) is 4.68 Å². The van der Waals surface area contributed by atoms with Crippen molar-refractivity contribution in [1.29, 1.82) is 0 Å². The van der Waals surface area contributed by atoms with Crippen molar-refractivity contribution in [3.63, 3.8) is 0 Å². The molecule has 6 heterocycles. The van der Waals surface area contributed by atoms with Gasteiger partial charge in [0.25, 0.3) is 11.6 Å². The summed E-state index contributed by atoms with van der Waals surface area (Å²) in [6.45, 7) is 9.38. The molecule has 0 saturated carbocycles. The Balaban J connectivity index is 1.18. The summed E-state index contributed by atoms with van der Waals surface area (Å²) in [7, 11) is 0. The van der Waals surface area contributed by atoms with Gasteiger partial charge in [0, 0.05) is 24.1 Å². The van der Waals surface area contributed by atoms with Crippen molar-refractivity contribution >= 4 is 16.6 Å². The molecule has 0 bridgehead atoms. The Hall–Kier alpha value is -2.91. The largest absolute Gasteiger partial charge is 0.463 e. The molecule has 38 heavy (non-hydrogen) atoms. The maximum Gasteiger partial charge on any atom is 0.296 e. The van der Waals surface area contributed by atoms with Gasteiger partial charge in [-0.05, 0) is 95.5 Å². The molecule has 0 spiro atoms. The highest BCUT2D eigenvalue weighted by Crippen LogP contribution is 2.40. The van der Waals surface area contributed by atoms with Crippen LogP contribution in [0.2, 0.25) is 0 Å². The molecule has 1 N–H and O–H groups in total. The number of aryl methyl sites for hydroxylation is 1. The Kier molecular flexibility index (Phi) is 5.96. The number of fused-ring (bicyclic) bond motifs is 3. The van der Waals surface area contributed by atoms with E-state index >= 15 is 0 Å². The van der Waals surface area contributed by atoms with E-state index in [1.165, 1.54) is 29.7 Å². The average molecular weight is 519 g/mol. The highest BCUT2D eigenvalue weighted by molar-refractivity contribution is 5.95. The standard InChI is InChI=1S/C29H38N6O3/c1-19-15-24-22(16-30-35(24)25-7-3-4-14-37-25)26(20(19)2)33-13-8-21-23(17-33)31-28(32-27(21)36)38-18-29-9-5-11-34(29)12-6-10-29/h15-16,25H,3-14,17-18H2,1-2H3,(H,31,32,36). The van der Waals surface area contributed by atoms with Gasteiger partial charge in [0.05, 0.1) is 35.2 Å². The van der Waals surface area contributed by atoms with Crippen LogP contribution in [0.5, 0.6) is 6.01 Å². The topological polar surface area (TPSA) is 88.5 Å². The van der Waals surface area contributed by atoms with E-state index in [9.17, 15) is 4.79 Å². The van der Waals surface area contributed by atoms with Crippen LogP contribution in [-0.2, 0) is 17.7 Å². The Bertz CT molecular complexity index is 1410. The van der Waals surface area contributed by atoms with E-state index < -0.39 is 0 Å². The molecule has 1 unspecified atom stereocenters. The second-order valence-electron chi connectivity index (χ2n) is 11.7. The summed E-state index contributed by atoms with van der Waals surface area (Å²) in [5, 5.41) is 5.92. The number of benzene rings is 1. The van der Waals surface area contributed by atoms with Crippen LogP contribution in [-0.4, -0.2) is 63.0 Å². The SMILES string of the molecule is Cc1cc2c(cnn2C2CCCCO2)c(N2CCc3c(nc(OCC45CCCN4CCC5)[nH]c3=O)C2)c1C. The van der Waals surface area contributed by atoms with Crippen LogP contribution in [0.15, 0.2) is 17.1 Å². The lowest BCUT2D eigenvalue weighted by Gasteiger charge is -2.33. The normalized spacial score (nSPS) is 23.1. The van der Waals surface area contributed by atoms with Crippen molar-refractivity contribution in [3.05, 3.63) is 45.0 Å². The van der Waals surface area contributed by atoms with Gasteiger partial charge in [0.15, 0.2) is 6.23 Å². The maximum absolute atomic E-state index is 13.0. The molecular weight excluding hydrogens is 480 g/mol. The van der Waals surface area contributed by atoms with Crippen LogP contribution >= 0.6 is 0 Å². The minimum absolute atomic E-state index is 0.00616. The third kappa shape index (κ3) is 3.93. The zero-order valence-corrected chi connectivity index (χ0v) is 22.6. The highest BCUT2D eigenvalue weighted by Gasteiger charge is 2.45. The first-order chi connectivity index (χ1) is 18.5. The number of rotatable bonds is 5. The third-order valence-corrected chi connectivity index (χ3v) is 9.47. The number of H-pyrrole nitrogens is 1. The second-order valence-corrected chi connectivity index (χ2v) is 11.7. The number of hydrogen-bond acceptors (Lipinski definition) is 7. The lowest BCUT2D eigenvalue weighted by Crippen LogP contribution is -2.44. The number of aromatic nitrogens is 4. The summed E-state index contributed by atoms with van der Waals surface area (Å²) in [5.41, 5.74) is 6.42. The Morgan fingerprint density at radius 1 is 1.16 bits per heavy atom. The third-order valence-electron chi connectivity index (χ3n) is 9.47. The predicted molar refractivity (Wildman–Crippen MR) is 146 cm³/mol. The Morgan fingerprint density at radius 2 is 2.00 bits per heavy atom. The summed E-state index contributed by atoms with van der Waals surface area (Å²) >= 11 is 0. The van der Waals surface area contributed by atoms with Crippen LogP contribution < -0.4 is 15.2 Å². The first-order valence-corrected chi connectivity index (χ1v) is 14.4. The molecule has 2 aromatic heterocycles. The molecule has 1 atom stereocenters. The molecular formula is C29H38N6O3. The van der Waals surface area contributed by atoms with Gasteiger partial charge >= 0.3 is 0 Å². The molecule has 202 valence electrons. The van der Waals surface area contributed by atoms with Crippen LogP contribution in [0.25, 0.3) is 10.9 Å². The molecule has 3 fully saturated rings. The van der Waals surface area contributed by atoms with Crippen LogP contribution in [0.1, 0.15) is 73.6 Å². The number of hydrogen-bond donors (Lipinski definition) is 1. The minimum atomic E-state index is -0.0646. The summed E-state index contributed by atoms with van der Waals surface area (Å²) in [5.74, 6) is 0. The molecule has 0 aliphatic carbocycles. The van der Waals surface area contributed by atoms with Crippen molar-refractivity contribution in [2.45, 2.75) is 83.5 Å². The lowest BCUT2D eigenvalue weighted by molar-refractivity contribution is -0.0366. The lowest BCUT2D eigenvalue weighted by atomic mass is 9.95. The van der Waals surface area contributed by atoms with Crippen molar-refractivity contribution in [2.75, 3.05) is 37.7 Å². The first-order valence-electron chi connectivity index (χ1n) is 14.4. The molecule has 0 amide bonds. The van der Waals surface area contributed by atoms with Gasteiger partial charge in [0.1, 0.15) is 6.61 Å². The molecule has 7 rings (SSSR count). The van der Waals surface area contributed by atoms with Gasteiger partial charge in [-0.2, -0.15) is 10.1 Å². The van der Waals surface area contributed by atoms with E-state index in [4.69, 9.17) is 19.6 Å². The van der Waals surface area contributed by atoms with E-state index in [1.54, 1.807) is 0 Å². The molecule has 4 aliphatic heterocycles. The summed E-state index contributed by atoms with van der Waals surface area (Å²) in [4.78, 5) is 25.7. The van der Waals surface area contributed by atoms with Gasteiger partial charge in [-0.3, -0.25) is 14.7 Å². The Morgan fingerprint density at radius 3 is 2.79 bits per heavy atom. The van der Waals surface area contributed by atoms with Crippen LogP contribution in [0.4, 0.5) is 5.69 Å². The van der Waals surface area contributed by atoms with E-state index in [0.717, 1.165) is 80.5 Å². The first kappa shape index (κ1) is 24.2. The quantitative estimate of drug-likeness (QED) is 0.546. The summed E-state index contributed by atoms with van der Waals surface area (Å²) in [6, 6.07) is 2.60. The Labute approximate surface area is 223 Å². The number of nitrogens with zero attached hydrogens (tertiary/aromatic N) is 5. The maximum atomic E-state index is 13.0. The molecule has 0 radical (unpaired) electrons. The smallest absolute Gasteiger partial charge is 0.296 e. The highest BCUT2D eigenvalue weighted by atomic mass is 16.5. The number of ether oxygens (including phenoxy) is 2. The van der Waals surface area contributed by atoms with Crippen molar-refractivity contribution in [1.82, 2.24) is 24.6 Å². The fraction of sp³-hybridized carbons (Fsp3) is 0.621. The van der Waals surface area contributed by atoms with E-state index in [0.29, 0.717) is 25.6 Å². The zero-order chi connectivity index (χ0) is 25.9. The fourth-order valence-electron chi connectivity index (χ4n) is 7.29. The van der Waals surface area contributed by atoms with Crippen molar-refractivity contribution < 1.29 is 9.47 Å². The summed E-state index contributed by atoms with van der Waals surface area (Å²) in [6.07, 6.45) is 10.7. The number of aromatic amines is 1. The summed E-state index contributed by atoms with van der Waals surface area (Å²) < 4.78 is 14.3. The minimum Gasteiger partial charge on any atom is -0.463 e.